The molecule has 0 radical (unpaired) electrons. The minimum atomic E-state index is -0.901. The number of ether oxygens (including phenoxy) is 1. The summed E-state index contributed by atoms with van der Waals surface area (Å²) in [6, 6.07) is 9.18. The third-order valence-electron chi connectivity index (χ3n) is 5.91. The molecule has 0 bridgehead atoms. The number of hydrogen-bond donors (Lipinski definition) is 1. The van der Waals surface area contributed by atoms with Gasteiger partial charge in [-0.2, -0.15) is 5.10 Å². The molecular weight excluding hydrogens is 384 g/mol. The van der Waals surface area contributed by atoms with Crippen molar-refractivity contribution in [1.29, 1.82) is 0 Å². The number of fused-ring (bicyclic) bond motifs is 1. The number of carbonyl (C=O) groups excluding carboxylic acids is 3. The first-order valence-electron chi connectivity index (χ1n) is 10.3. The lowest BCUT2D eigenvalue weighted by Crippen LogP contribution is -2.61. The highest BCUT2D eigenvalue weighted by atomic mass is 16.5. The van der Waals surface area contributed by atoms with Crippen molar-refractivity contribution in [3.8, 4) is 0 Å². The second kappa shape index (κ2) is 7.93. The zero-order chi connectivity index (χ0) is 21.3. The highest BCUT2D eigenvalue weighted by Crippen LogP contribution is 2.45. The molecule has 4 rings (SSSR count). The van der Waals surface area contributed by atoms with Crippen LogP contribution >= 0.6 is 0 Å². The van der Waals surface area contributed by atoms with E-state index in [1.807, 2.05) is 38.1 Å². The van der Waals surface area contributed by atoms with Crippen molar-refractivity contribution < 1.29 is 19.1 Å². The number of para-hydroxylation sites is 2. The molecule has 1 aliphatic carbocycles. The van der Waals surface area contributed by atoms with Crippen molar-refractivity contribution in [1.82, 2.24) is 9.78 Å². The van der Waals surface area contributed by atoms with Gasteiger partial charge < -0.3 is 10.1 Å². The summed E-state index contributed by atoms with van der Waals surface area (Å²) in [5.41, 5.74) is 2.21. The first-order chi connectivity index (χ1) is 14.4. The number of rotatable bonds is 5. The maximum absolute atomic E-state index is 13.2. The summed E-state index contributed by atoms with van der Waals surface area (Å²) in [7, 11) is 0. The molecule has 1 aromatic carbocycles. The van der Waals surface area contributed by atoms with Gasteiger partial charge in [-0.25, -0.2) is 0 Å². The maximum Gasteiger partial charge on any atom is 0.308 e. The standard InChI is InChI=1S/C22H26N4O4/c1-15-13-16(2)25(24-15)12-9-20(28)30-14-19(27)26-18-8-4-3-7-17(18)23-21(29)22(26)10-5-6-11-22/h3-4,7-8,13H,5-6,9-12,14H2,1-2H3,(H,23,29). The molecule has 0 atom stereocenters. The van der Waals surface area contributed by atoms with Crippen molar-refractivity contribution >= 4 is 29.2 Å². The second-order valence-corrected chi connectivity index (χ2v) is 8.00. The summed E-state index contributed by atoms with van der Waals surface area (Å²) < 4.78 is 7.02. The van der Waals surface area contributed by atoms with Crippen molar-refractivity contribution in [2.45, 2.75) is 58.0 Å². The highest BCUT2D eigenvalue weighted by Gasteiger charge is 2.52. The fraction of sp³-hybridized carbons (Fsp3) is 0.455. The van der Waals surface area contributed by atoms with Crippen LogP contribution in [0.3, 0.4) is 0 Å². The van der Waals surface area contributed by atoms with E-state index in [-0.39, 0.29) is 24.8 Å². The lowest BCUT2D eigenvalue weighted by molar-refractivity contribution is -0.148. The first-order valence-corrected chi connectivity index (χ1v) is 10.3. The van der Waals surface area contributed by atoms with Gasteiger partial charge in [-0.05, 0) is 44.9 Å². The van der Waals surface area contributed by atoms with Gasteiger partial charge in [0.1, 0.15) is 5.54 Å². The molecule has 0 saturated heterocycles. The van der Waals surface area contributed by atoms with Gasteiger partial charge in [-0.3, -0.25) is 24.0 Å². The lowest BCUT2D eigenvalue weighted by atomic mass is 9.90. The van der Waals surface area contributed by atoms with Crippen LogP contribution in [0.4, 0.5) is 11.4 Å². The van der Waals surface area contributed by atoms with Gasteiger partial charge in [0, 0.05) is 5.69 Å². The van der Waals surface area contributed by atoms with Gasteiger partial charge in [0.05, 0.1) is 30.0 Å². The van der Waals surface area contributed by atoms with Crippen LogP contribution in [0.15, 0.2) is 30.3 Å². The molecule has 8 nitrogen and oxygen atoms in total. The smallest absolute Gasteiger partial charge is 0.308 e. The fourth-order valence-electron chi connectivity index (χ4n) is 4.51. The number of anilines is 2. The Balaban J connectivity index is 1.45. The van der Waals surface area contributed by atoms with E-state index in [1.165, 1.54) is 0 Å². The molecule has 2 heterocycles. The number of nitrogens with one attached hydrogen (secondary N) is 1. The fourth-order valence-corrected chi connectivity index (χ4v) is 4.51. The third-order valence-corrected chi connectivity index (χ3v) is 5.91. The molecule has 158 valence electrons. The van der Waals surface area contributed by atoms with Gasteiger partial charge >= 0.3 is 5.97 Å². The Morgan fingerprint density at radius 1 is 1.20 bits per heavy atom. The van der Waals surface area contributed by atoms with Crippen LogP contribution in [0, 0.1) is 13.8 Å². The van der Waals surface area contributed by atoms with E-state index in [0.717, 1.165) is 24.2 Å². The minimum Gasteiger partial charge on any atom is -0.455 e. The van der Waals surface area contributed by atoms with Gasteiger partial charge in [0.15, 0.2) is 6.61 Å². The van der Waals surface area contributed by atoms with E-state index in [4.69, 9.17) is 4.74 Å². The predicted molar refractivity (Wildman–Crippen MR) is 111 cm³/mol. The van der Waals surface area contributed by atoms with Crippen LogP contribution in [0.2, 0.25) is 0 Å². The summed E-state index contributed by atoms with van der Waals surface area (Å²) in [5, 5.41) is 7.26. The molecule has 1 spiro atoms. The average Bonchev–Trinajstić information content (AvgIpc) is 3.32. The molecule has 8 heteroatoms. The Morgan fingerprint density at radius 3 is 2.63 bits per heavy atom. The monoisotopic (exact) mass is 410 g/mol. The van der Waals surface area contributed by atoms with E-state index in [2.05, 4.69) is 10.4 Å². The molecular formula is C22H26N4O4. The van der Waals surface area contributed by atoms with Gasteiger partial charge in [-0.1, -0.05) is 25.0 Å². The molecule has 30 heavy (non-hydrogen) atoms. The maximum atomic E-state index is 13.2. The number of amides is 2. The summed E-state index contributed by atoms with van der Waals surface area (Å²) in [6.07, 6.45) is 3.08. The highest BCUT2D eigenvalue weighted by molar-refractivity contribution is 6.15. The molecule has 2 amide bonds. The van der Waals surface area contributed by atoms with Crippen LogP contribution in [-0.2, 0) is 25.7 Å². The van der Waals surface area contributed by atoms with E-state index < -0.39 is 11.5 Å². The predicted octanol–water partition coefficient (Wildman–Crippen LogP) is 2.73. The number of esters is 1. The Hall–Kier alpha value is -3.16. The van der Waals surface area contributed by atoms with E-state index >= 15 is 0 Å². The molecule has 0 unspecified atom stereocenters. The van der Waals surface area contributed by atoms with Crippen LogP contribution < -0.4 is 10.2 Å². The summed E-state index contributed by atoms with van der Waals surface area (Å²) in [4.78, 5) is 39.8. The molecule has 1 saturated carbocycles. The van der Waals surface area contributed by atoms with Gasteiger partial charge in [0.2, 0.25) is 0 Å². The molecule has 1 aromatic heterocycles. The van der Waals surface area contributed by atoms with Crippen LogP contribution in [0.5, 0.6) is 0 Å². The summed E-state index contributed by atoms with van der Waals surface area (Å²) in [5.74, 6) is -1.01. The largest absolute Gasteiger partial charge is 0.455 e. The van der Waals surface area contributed by atoms with E-state index in [1.54, 1.807) is 15.6 Å². The van der Waals surface area contributed by atoms with Crippen molar-refractivity contribution in [3.63, 3.8) is 0 Å². The van der Waals surface area contributed by atoms with Gasteiger partial charge in [-0.15, -0.1) is 0 Å². The van der Waals surface area contributed by atoms with Crippen molar-refractivity contribution in [2.24, 2.45) is 0 Å². The summed E-state index contributed by atoms with van der Waals surface area (Å²) >= 11 is 0. The number of hydrogen-bond acceptors (Lipinski definition) is 5. The average molecular weight is 410 g/mol. The topological polar surface area (TPSA) is 93.5 Å². The Bertz CT molecular complexity index is 991. The number of benzene rings is 1. The summed E-state index contributed by atoms with van der Waals surface area (Å²) in [6.45, 7) is 3.83. The molecule has 1 fully saturated rings. The molecule has 1 N–H and O–H groups in total. The normalized spacial score (nSPS) is 17.0. The quantitative estimate of drug-likeness (QED) is 0.765. The Morgan fingerprint density at radius 2 is 1.93 bits per heavy atom. The molecule has 2 aliphatic rings. The lowest BCUT2D eigenvalue weighted by Gasteiger charge is -2.44. The van der Waals surface area contributed by atoms with Crippen molar-refractivity contribution in [2.75, 3.05) is 16.8 Å². The van der Waals surface area contributed by atoms with E-state index in [9.17, 15) is 14.4 Å². The number of aryl methyl sites for hydroxylation is 3. The zero-order valence-electron chi connectivity index (χ0n) is 17.3. The SMILES string of the molecule is Cc1cc(C)n(CCC(=O)OCC(=O)N2c3ccccc3NC(=O)C23CCCC3)n1. The Kier molecular flexibility index (Phi) is 5.32. The number of nitrogens with zero attached hydrogens (tertiary/aromatic N) is 3. The molecule has 1 aliphatic heterocycles. The minimum absolute atomic E-state index is 0.122. The number of aromatic nitrogens is 2. The zero-order valence-corrected chi connectivity index (χ0v) is 17.3. The van der Waals surface area contributed by atoms with Crippen LogP contribution in [-0.4, -0.2) is 39.7 Å². The van der Waals surface area contributed by atoms with Crippen LogP contribution in [0.25, 0.3) is 0 Å². The third kappa shape index (κ3) is 3.58. The molecule has 2 aromatic rings. The Labute approximate surface area is 175 Å². The number of carbonyl (C=O) groups is 3. The van der Waals surface area contributed by atoms with Gasteiger partial charge in [0.25, 0.3) is 11.8 Å². The van der Waals surface area contributed by atoms with Crippen LogP contribution in [0.1, 0.15) is 43.5 Å². The first kappa shape index (κ1) is 20.1. The van der Waals surface area contributed by atoms with E-state index in [0.29, 0.717) is 30.8 Å². The van der Waals surface area contributed by atoms with Crippen molar-refractivity contribution in [3.05, 3.63) is 41.7 Å². The second-order valence-electron chi connectivity index (χ2n) is 8.00.